The summed E-state index contributed by atoms with van der Waals surface area (Å²) in [6, 6.07) is 11.1. The molecule has 1 aromatic heterocycles. The Morgan fingerprint density at radius 3 is 2.39 bits per heavy atom. The molecule has 3 amide bonds. The van der Waals surface area contributed by atoms with Crippen LogP contribution in [0.5, 0.6) is 0 Å². The van der Waals surface area contributed by atoms with E-state index in [2.05, 4.69) is 15.5 Å². The summed E-state index contributed by atoms with van der Waals surface area (Å²) in [7, 11) is 0. The highest BCUT2D eigenvalue weighted by Crippen LogP contribution is 2.25. The second-order valence-corrected chi connectivity index (χ2v) is 7.61. The maximum atomic E-state index is 12.3. The van der Waals surface area contributed by atoms with Gasteiger partial charge >= 0.3 is 0 Å². The van der Waals surface area contributed by atoms with Gasteiger partial charge in [-0.3, -0.25) is 14.4 Å². The number of carbonyl (C=O) groups is 3. The quantitative estimate of drug-likeness (QED) is 0.743. The molecule has 0 aliphatic carbocycles. The molecule has 0 radical (unpaired) electrons. The van der Waals surface area contributed by atoms with Crippen LogP contribution in [0, 0.1) is 0 Å². The van der Waals surface area contributed by atoms with Crippen molar-refractivity contribution in [2.45, 2.75) is 0 Å². The molecule has 0 atom stereocenters. The summed E-state index contributed by atoms with van der Waals surface area (Å²) in [6.07, 6.45) is 0. The van der Waals surface area contributed by atoms with Crippen molar-refractivity contribution in [1.29, 1.82) is 0 Å². The lowest BCUT2D eigenvalue weighted by Crippen LogP contribution is -2.51. The van der Waals surface area contributed by atoms with Crippen LogP contribution >= 0.6 is 22.9 Å². The SMILES string of the molecule is O=C(CNC(=O)c1cccs1)NCC(=O)N1CCN(c2ccccc2Cl)CC1. The van der Waals surface area contributed by atoms with Crippen molar-refractivity contribution in [3.05, 3.63) is 51.7 Å². The molecule has 2 N–H and O–H groups in total. The Bertz CT molecular complexity index is 835. The molecule has 0 unspecified atom stereocenters. The Balaban J connectivity index is 1.38. The van der Waals surface area contributed by atoms with Crippen molar-refractivity contribution >= 4 is 46.3 Å². The van der Waals surface area contributed by atoms with E-state index in [4.69, 9.17) is 11.6 Å². The van der Waals surface area contributed by atoms with Crippen LogP contribution in [0.1, 0.15) is 9.67 Å². The van der Waals surface area contributed by atoms with Gasteiger partial charge in [0.25, 0.3) is 5.91 Å². The van der Waals surface area contributed by atoms with Crippen LogP contribution < -0.4 is 15.5 Å². The van der Waals surface area contributed by atoms with E-state index >= 15 is 0 Å². The number of halogens is 1. The zero-order chi connectivity index (χ0) is 19.9. The van der Waals surface area contributed by atoms with E-state index in [0.717, 1.165) is 5.69 Å². The highest BCUT2D eigenvalue weighted by Gasteiger charge is 2.22. The highest BCUT2D eigenvalue weighted by atomic mass is 35.5. The van der Waals surface area contributed by atoms with Crippen LogP contribution in [0.2, 0.25) is 5.02 Å². The smallest absolute Gasteiger partial charge is 0.261 e. The lowest BCUT2D eigenvalue weighted by Gasteiger charge is -2.36. The number of benzene rings is 1. The number of hydrogen-bond acceptors (Lipinski definition) is 5. The number of piperazine rings is 1. The zero-order valence-corrected chi connectivity index (χ0v) is 16.8. The van der Waals surface area contributed by atoms with E-state index < -0.39 is 5.91 Å². The normalized spacial score (nSPS) is 13.9. The van der Waals surface area contributed by atoms with Crippen molar-refractivity contribution in [2.75, 3.05) is 44.2 Å². The lowest BCUT2D eigenvalue weighted by molar-refractivity contribution is -0.132. The van der Waals surface area contributed by atoms with Gasteiger partial charge in [-0.25, -0.2) is 0 Å². The predicted molar refractivity (Wildman–Crippen MR) is 110 cm³/mol. The third-order valence-corrected chi connectivity index (χ3v) is 5.61. The number of nitrogens with one attached hydrogen (secondary N) is 2. The second-order valence-electron chi connectivity index (χ2n) is 6.26. The Hall–Kier alpha value is -2.58. The summed E-state index contributed by atoms with van der Waals surface area (Å²) in [5, 5.41) is 7.57. The van der Waals surface area contributed by atoms with Gasteiger partial charge in [-0.05, 0) is 23.6 Å². The maximum Gasteiger partial charge on any atom is 0.261 e. The number of nitrogens with zero attached hydrogens (tertiary/aromatic N) is 2. The summed E-state index contributed by atoms with van der Waals surface area (Å²) < 4.78 is 0. The zero-order valence-electron chi connectivity index (χ0n) is 15.2. The molecule has 28 heavy (non-hydrogen) atoms. The molecule has 2 heterocycles. The molecule has 1 saturated heterocycles. The molecule has 148 valence electrons. The van der Waals surface area contributed by atoms with Crippen molar-refractivity contribution in [3.63, 3.8) is 0 Å². The van der Waals surface area contributed by atoms with Gasteiger partial charge in [-0.15, -0.1) is 11.3 Å². The average Bonchev–Trinajstić information content (AvgIpc) is 3.26. The van der Waals surface area contributed by atoms with E-state index in [-0.39, 0.29) is 24.9 Å². The number of rotatable bonds is 6. The molecule has 1 aliphatic heterocycles. The van der Waals surface area contributed by atoms with Crippen molar-refractivity contribution < 1.29 is 14.4 Å². The number of hydrogen-bond donors (Lipinski definition) is 2. The molecule has 2 aromatic rings. The van der Waals surface area contributed by atoms with Gasteiger partial charge in [0, 0.05) is 26.2 Å². The fraction of sp³-hybridized carbons (Fsp3) is 0.316. The molecule has 9 heteroatoms. The molecular formula is C19H21ClN4O3S. The number of amides is 3. The summed E-state index contributed by atoms with van der Waals surface area (Å²) in [4.78, 5) is 40.4. The Labute approximate surface area is 172 Å². The highest BCUT2D eigenvalue weighted by molar-refractivity contribution is 7.12. The minimum atomic E-state index is -0.395. The predicted octanol–water partition coefficient (Wildman–Crippen LogP) is 1.60. The number of thiophene rings is 1. The first-order valence-electron chi connectivity index (χ1n) is 8.90. The van der Waals surface area contributed by atoms with Crippen LogP contribution in [0.15, 0.2) is 41.8 Å². The van der Waals surface area contributed by atoms with Gasteiger partial charge in [0.15, 0.2) is 0 Å². The molecule has 0 saturated carbocycles. The monoisotopic (exact) mass is 420 g/mol. The van der Waals surface area contributed by atoms with Crippen molar-refractivity contribution in [2.24, 2.45) is 0 Å². The van der Waals surface area contributed by atoms with Crippen molar-refractivity contribution in [3.8, 4) is 0 Å². The van der Waals surface area contributed by atoms with Gasteiger partial charge in [-0.1, -0.05) is 29.8 Å². The van der Waals surface area contributed by atoms with E-state index in [1.807, 2.05) is 24.3 Å². The van der Waals surface area contributed by atoms with Gasteiger partial charge in [0.05, 0.1) is 28.7 Å². The van der Waals surface area contributed by atoms with Gasteiger partial charge < -0.3 is 20.4 Å². The standard InChI is InChI=1S/C19H21ClN4O3S/c20-14-4-1-2-5-15(14)23-7-9-24(10-8-23)18(26)13-21-17(25)12-22-19(27)16-6-3-11-28-16/h1-6,11H,7-10,12-13H2,(H,21,25)(H,22,27). The molecule has 0 spiro atoms. The number of para-hydroxylation sites is 1. The van der Waals surface area contributed by atoms with Crippen LogP contribution in [0.4, 0.5) is 5.69 Å². The van der Waals surface area contributed by atoms with Gasteiger partial charge in [-0.2, -0.15) is 0 Å². The Kier molecular flexibility index (Phi) is 6.89. The molecule has 3 rings (SSSR count). The molecule has 7 nitrogen and oxygen atoms in total. The lowest BCUT2D eigenvalue weighted by atomic mass is 10.2. The van der Waals surface area contributed by atoms with Crippen LogP contribution in [-0.4, -0.2) is 61.9 Å². The van der Waals surface area contributed by atoms with Gasteiger partial charge in [0.1, 0.15) is 0 Å². The second kappa shape index (κ2) is 9.57. The minimum Gasteiger partial charge on any atom is -0.367 e. The molecule has 0 bridgehead atoms. The summed E-state index contributed by atoms with van der Waals surface area (Å²) in [5.41, 5.74) is 0.964. The van der Waals surface area contributed by atoms with Crippen LogP contribution in [0.3, 0.4) is 0 Å². The average molecular weight is 421 g/mol. The van der Waals surface area contributed by atoms with Crippen LogP contribution in [-0.2, 0) is 9.59 Å². The van der Waals surface area contributed by atoms with Gasteiger partial charge in [0.2, 0.25) is 11.8 Å². The number of anilines is 1. The Morgan fingerprint density at radius 2 is 1.71 bits per heavy atom. The Morgan fingerprint density at radius 1 is 0.964 bits per heavy atom. The third kappa shape index (κ3) is 5.24. The largest absolute Gasteiger partial charge is 0.367 e. The first kappa shape index (κ1) is 20.2. The van der Waals surface area contributed by atoms with Crippen molar-refractivity contribution in [1.82, 2.24) is 15.5 Å². The molecule has 1 fully saturated rings. The molecule has 1 aromatic carbocycles. The van der Waals surface area contributed by atoms with E-state index in [0.29, 0.717) is 36.1 Å². The van der Waals surface area contributed by atoms with E-state index in [1.165, 1.54) is 11.3 Å². The van der Waals surface area contributed by atoms with E-state index in [9.17, 15) is 14.4 Å². The van der Waals surface area contributed by atoms with E-state index in [1.54, 1.807) is 22.4 Å². The van der Waals surface area contributed by atoms with Crippen LogP contribution in [0.25, 0.3) is 0 Å². The maximum absolute atomic E-state index is 12.3. The summed E-state index contributed by atoms with van der Waals surface area (Å²) in [6.45, 7) is 2.24. The molecular weight excluding hydrogens is 400 g/mol. The third-order valence-electron chi connectivity index (χ3n) is 4.42. The fourth-order valence-electron chi connectivity index (χ4n) is 2.91. The fourth-order valence-corrected chi connectivity index (χ4v) is 3.80. The first-order valence-corrected chi connectivity index (χ1v) is 10.2. The topological polar surface area (TPSA) is 81.8 Å². The first-order chi connectivity index (χ1) is 13.5. The number of carbonyl (C=O) groups excluding carboxylic acids is 3. The minimum absolute atomic E-state index is 0.0835. The summed E-state index contributed by atoms with van der Waals surface area (Å²) >= 11 is 7.53. The molecule has 1 aliphatic rings. The summed E-state index contributed by atoms with van der Waals surface area (Å²) in [5.74, 6) is -0.836.